The Kier molecular flexibility index (Phi) is 5.30. The van der Waals surface area contributed by atoms with Crippen molar-refractivity contribution in [3.05, 3.63) is 54.5 Å². The lowest BCUT2D eigenvalue weighted by atomic mass is 9.94. The molecule has 3 aliphatic heterocycles. The van der Waals surface area contributed by atoms with Crippen molar-refractivity contribution in [2.45, 2.75) is 25.9 Å². The Hall–Kier alpha value is -3.65. The zero-order valence-electron chi connectivity index (χ0n) is 19.2. The van der Waals surface area contributed by atoms with Gasteiger partial charge in [-0.1, -0.05) is 0 Å². The normalized spacial score (nSPS) is 19.4. The molecule has 2 fully saturated rings. The van der Waals surface area contributed by atoms with Gasteiger partial charge in [-0.15, -0.1) is 0 Å². The van der Waals surface area contributed by atoms with Gasteiger partial charge in [-0.3, -0.25) is 9.78 Å². The van der Waals surface area contributed by atoms with Crippen LogP contribution in [0.1, 0.15) is 31.4 Å². The van der Waals surface area contributed by atoms with E-state index in [4.69, 9.17) is 9.47 Å². The number of hydrogen-bond acceptors (Lipinski definition) is 7. The first-order chi connectivity index (χ1) is 16.7. The minimum absolute atomic E-state index is 0.131. The second-order valence-corrected chi connectivity index (χ2v) is 8.90. The molecule has 0 bridgehead atoms. The van der Waals surface area contributed by atoms with Crippen molar-refractivity contribution in [2.75, 3.05) is 48.0 Å². The minimum Gasteiger partial charge on any atom is -0.485 e. The molecule has 3 aliphatic rings. The second-order valence-electron chi connectivity index (χ2n) is 8.90. The molecule has 0 aliphatic carbocycles. The first-order valence-corrected chi connectivity index (χ1v) is 11.8. The second kappa shape index (κ2) is 8.61. The highest BCUT2D eigenvalue weighted by atomic mass is 16.5. The number of pyridine rings is 2. The number of amides is 1. The Morgan fingerprint density at radius 1 is 1.00 bits per heavy atom. The zero-order chi connectivity index (χ0) is 23.1. The van der Waals surface area contributed by atoms with Crippen LogP contribution in [0.5, 0.6) is 5.75 Å². The fraction of sp³-hybridized carbons (Fsp3) is 0.346. The number of aromatic nitrogens is 2. The highest BCUT2D eigenvalue weighted by Crippen LogP contribution is 2.44. The molecule has 1 N–H and O–H groups in total. The summed E-state index contributed by atoms with van der Waals surface area (Å²) in [5.74, 6) is 1.72. The average molecular weight is 458 g/mol. The highest BCUT2D eigenvalue weighted by Gasteiger charge is 2.27. The van der Waals surface area contributed by atoms with Crippen LogP contribution in [-0.4, -0.2) is 48.7 Å². The predicted molar refractivity (Wildman–Crippen MR) is 131 cm³/mol. The molecule has 5 heterocycles. The van der Waals surface area contributed by atoms with Gasteiger partial charge in [0.1, 0.15) is 17.7 Å². The summed E-state index contributed by atoms with van der Waals surface area (Å²) >= 11 is 0. The average Bonchev–Trinajstić information content (AvgIpc) is 3.30. The van der Waals surface area contributed by atoms with Gasteiger partial charge in [0, 0.05) is 60.7 Å². The lowest BCUT2D eigenvalue weighted by Crippen LogP contribution is -2.36. The maximum atomic E-state index is 12.2. The van der Waals surface area contributed by atoms with Crippen molar-refractivity contribution in [3.8, 4) is 16.9 Å². The lowest BCUT2D eigenvalue weighted by molar-refractivity contribution is -0.117. The number of anilines is 4. The minimum atomic E-state index is -0.131. The van der Waals surface area contributed by atoms with Crippen LogP contribution in [-0.2, 0) is 9.53 Å². The van der Waals surface area contributed by atoms with Gasteiger partial charge in [-0.05, 0) is 37.6 Å². The Bertz CT molecular complexity index is 1240. The van der Waals surface area contributed by atoms with Crippen LogP contribution in [0.2, 0.25) is 0 Å². The SMILES string of the molecule is C[C@@H]1Oc2cc(N3CCCC3=O)ccc2-c2cnc(Nc3cncc(N4CCOCC4)c3)cc21. The van der Waals surface area contributed by atoms with Gasteiger partial charge in [0.2, 0.25) is 5.91 Å². The first kappa shape index (κ1) is 20.9. The van der Waals surface area contributed by atoms with Gasteiger partial charge in [-0.25, -0.2) is 4.98 Å². The molecule has 174 valence electrons. The van der Waals surface area contributed by atoms with E-state index in [-0.39, 0.29) is 12.0 Å². The van der Waals surface area contributed by atoms with E-state index in [1.807, 2.05) is 54.7 Å². The van der Waals surface area contributed by atoms with E-state index in [0.29, 0.717) is 6.42 Å². The van der Waals surface area contributed by atoms with Crippen molar-refractivity contribution in [2.24, 2.45) is 0 Å². The largest absolute Gasteiger partial charge is 0.485 e. The number of nitrogens with zero attached hydrogens (tertiary/aromatic N) is 4. The number of benzene rings is 1. The molecule has 6 rings (SSSR count). The number of rotatable bonds is 4. The van der Waals surface area contributed by atoms with Crippen molar-refractivity contribution in [1.29, 1.82) is 0 Å². The van der Waals surface area contributed by atoms with Gasteiger partial charge >= 0.3 is 0 Å². The summed E-state index contributed by atoms with van der Waals surface area (Å²) in [6.45, 7) is 6.01. The fourth-order valence-corrected chi connectivity index (χ4v) is 4.91. The van der Waals surface area contributed by atoms with Crippen molar-refractivity contribution in [1.82, 2.24) is 9.97 Å². The Labute approximate surface area is 198 Å². The van der Waals surface area contributed by atoms with Gasteiger partial charge < -0.3 is 24.6 Å². The van der Waals surface area contributed by atoms with Gasteiger partial charge in [0.15, 0.2) is 0 Å². The number of fused-ring (bicyclic) bond motifs is 3. The number of hydrogen-bond donors (Lipinski definition) is 1. The van der Waals surface area contributed by atoms with Gasteiger partial charge in [0.25, 0.3) is 0 Å². The summed E-state index contributed by atoms with van der Waals surface area (Å²) in [4.78, 5) is 25.4. The van der Waals surface area contributed by atoms with Crippen molar-refractivity contribution in [3.63, 3.8) is 0 Å². The molecule has 8 nitrogen and oxygen atoms in total. The van der Waals surface area contributed by atoms with E-state index in [0.717, 1.165) is 84.6 Å². The van der Waals surface area contributed by atoms with Gasteiger partial charge in [-0.2, -0.15) is 0 Å². The standard InChI is InChI=1S/C26H27N5O3/c1-17-22-13-25(29-18-11-20(15-27-14-18)30-7-9-33-10-8-30)28-16-23(22)21-5-4-19(12-24(21)34-17)31-6-2-3-26(31)32/h4-5,11-17H,2-3,6-10H2,1H3,(H,28,29)/t17-/m0/s1. The van der Waals surface area contributed by atoms with Crippen LogP contribution in [0.15, 0.2) is 48.9 Å². The monoisotopic (exact) mass is 457 g/mol. The molecule has 2 saturated heterocycles. The third kappa shape index (κ3) is 3.84. The molecule has 0 spiro atoms. The molecule has 0 radical (unpaired) electrons. The third-order valence-electron chi connectivity index (χ3n) is 6.69. The van der Waals surface area contributed by atoms with E-state index in [1.54, 1.807) is 0 Å². The van der Waals surface area contributed by atoms with Crippen molar-refractivity contribution < 1.29 is 14.3 Å². The third-order valence-corrected chi connectivity index (χ3v) is 6.69. The number of carbonyl (C=O) groups excluding carboxylic acids is 1. The molecule has 1 aromatic carbocycles. The Balaban J connectivity index is 1.26. The summed E-state index contributed by atoms with van der Waals surface area (Å²) in [5, 5.41) is 3.40. The fourth-order valence-electron chi connectivity index (χ4n) is 4.91. The molecule has 0 unspecified atom stereocenters. The summed E-state index contributed by atoms with van der Waals surface area (Å²) in [6.07, 6.45) is 6.97. The highest BCUT2D eigenvalue weighted by molar-refractivity contribution is 5.96. The summed E-state index contributed by atoms with van der Waals surface area (Å²) in [6, 6.07) is 10.1. The van der Waals surface area contributed by atoms with E-state index < -0.39 is 0 Å². The van der Waals surface area contributed by atoms with E-state index >= 15 is 0 Å². The van der Waals surface area contributed by atoms with Crippen LogP contribution in [0.3, 0.4) is 0 Å². The zero-order valence-corrected chi connectivity index (χ0v) is 19.2. The Morgan fingerprint density at radius 2 is 1.88 bits per heavy atom. The van der Waals surface area contributed by atoms with E-state index in [1.165, 1.54) is 0 Å². The lowest BCUT2D eigenvalue weighted by Gasteiger charge is -2.29. The topological polar surface area (TPSA) is 79.8 Å². The smallest absolute Gasteiger partial charge is 0.227 e. The quantitative estimate of drug-likeness (QED) is 0.626. The number of carbonyl (C=O) groups is 1. The van der Waals surface area contributed by atoms with Crippen molar-refractivity contribution >= 4 is 28.8 Å². The number of ether oxygens (including phenoxy) is 2. The maximum absolute atomic E-state index is 12.2. The molecule has 34 heavy (non-hydrogen) atoms. The summed E-state index contributed by atoms with van der Waals surface area (Å²) in [7, 11) is 0. The van der Waals surface area contributed by atoms with Gasteiger partial charge in [0.05, 0.1) is 37.0 Å². The molecular formula is C26H27N5O3. The van der Waals surface area contributed by atoms with Crippen LogP contribution in [0, 0.1) is 0 Å². The van der Waals surface area contributed by atoms with E-state index in [2.05, 4.69) is 26.3 Å². The molecule has 1 amide bonds. The predicted octanol–water partition coefficient (Wildman–Crippen LogP) is 4.30. The molecule has 8 heteroatoms. The molecular weight excluding hydrogens is 430 g/mol. The molecule has 3 aromatic rings. The maximum Gasteiger partial charge on any atom is 0.227 e. The van der Waals surface area contributed by atoms with Crippen LogP contribution in [0.4, 0.5) is 22.9 Å². The van der Waals surface area contributed by atoms with Crippen LogP contribution < -0.4 is 19.9 Å². The Morgan fingerprint density at radius 3 is 2.71 bits per heavy atom. The number of nitrogens with one attached hydrogen (secondary N) is 1. The number of morpholine rings is 1. The van der Waals surface area contributed by atoms with E-state index in [9.17, 15) is 4.79 Å². The molecule has 1 atom stereocenters. The van der Waals surface area contributed by atoms with Crippen LogP contribution in [0.25, 0.3) is 11.1 Å². The van der Waals surface area contributed by atoms with Crippen LogP contribution >= 0.6 is 0 Å². The summed E-state index contributed by atoms with van der Waals surface area (Å²) in [5.41, 5.74) is 5.99. The molecule has 2 aromatic heterocycles. The first-order valence-electron chi connectivity index (χ1n) is 11.8. The summed E-state index contributed by atoms with van der Waals surface area (Å²) < 4.78 is 11.7. The molecule has 0 saturated carbocycles.